The summed E-state index contributed by atoms with van der Waals surface area (Å²) in [4.78, 5) is 21.5. The van der Waals surface area contributed by atoms with E-state index >= 15 is 0 Å². The van der Waals surface area contributed by atoms with E-state index in [1.165, 1.54) is 0 Å². The van der Waals surface area contributed by atoms with Crippen LogP contribution in [-0.2, 0) is 19.3 Å². The van der Waals surface area contributed by atoms with Gasteiger partial charge in [-0.3, -0.25) is 9.78 Å². The number of methoxy groups -OCH3 is 2. The van der Waals surface area contributed by atoms with Gasteiger partial charge < -0.3 is 23.9 Å². The van der Waals surface area contributed by atoms with Gasteiger partial charge in [-0.1, -0.05) is 26.7 Å². The normalized spacial score (nSPS) is 12.5. The molecule has 0 saturated carbocycles. The monoisotopic (exact) mass is 474 g/mol. The molecule has 4 aromatic rings. The SMILES string of the molecule is CCCc1nc2cc3c(cc2cc1Cc1c(=O)[nH]c(CCC)c2cc(OC)c(OC)cc12)OCO3. The van der Waals surface area contributed by atoms with Gasteiger partial charge in [-0.2, -0.15) is 0 Å². The summed E-state index contributed by atoms with van der Waals surface area (Å²) in [6, 6.07) is 9.90. The number of rotatable bonds is 8. The number of aromatic amines is 1. The lowest BCUT2D eigenvalue weighted by Crippen LogP contribution is -2.17. The van der Waals surface area contributed by atoms with Crippen molar-refractivity contribution in [3.8, 4) is 23.0 Å². The van der Waals surface area contributed by atoms with Gasteiger partial charge in [-0.05, 0) is 48.1 Å². The smallest absolute Gasteiger partial charge is 0.252 e. The number of benzene rings is 2. The summed E-state index contributed by atoms with van der Waals surface area (Å²) in [6.45, 7) is 4.45. The summed E-state index contributed by atoms with van der Waals surface area (Å²) in [7, 11) is 3.24. The Hall–Kier alpha value is -3.74. The van der Waals surface area contributed by atoms with E-state index in [4.69, 9.17) is 23.9 Å². The molecule has 0 atom stereocenters. The van der Waals surface area contributed by atoms with Gasteiger partial charge in [0, 0.05) is 40.2 Å². The third-order valence-electron chi connectivity index (χ3n) is 6.54. The van der Waals surface area contributed by atoms with Gasteiger partial charge in [0.1, 0.15) is 0 Å². The van der Waals surface area contributed by atoms with Crippen LogP contribution in [0.1, 0.15) is 49.2 Å². The number of fused-ring (bicyclic) bond motifs is 3. The number of hydrogen-bond acceptors (Lipinski definition) is 6. The van der Waals surface area contributed by atoms with E-state index in [9.17, 15) is 4.79 Å². The van der Waals surface area contributed by atoms with E-state index in [2.05, 4.69) is 24.9 Å². The molecule has 0 unspecified atom stereocenters. The van der Waals surface area contributed by atoms with Crippen molar-refractivity contribution in [2.24, 2.45) is 0 Å². The van der Waals surface area contributed by atoms with Crippen molar-refractivity contribution in [1.82, 2.24) is 9.97 Å². The molecule has 0 bridgehead atoms. The maximum atomic E-state index is 13.4. The molecule has 0 aliphatic carbocycles. The Morgan fingerprint density at radius 2 is 1.60 bits per heavy atom. The van der Waals surface area contributed by atoms with E-state index in [1.807, 2.05) is 24.3 Å². The Bertz CT molecular complexity index is 1470. The molecule has 2 aromatic heterocycles. The highest BCUT2D eigenvalue weighted by atomic mass is 16.7. The molecule has 5 rings (SSSR count). The molecular weight excluding hydrogens is 444 g/mol. The van der Waals surface area contributed by atoms with Gasteiger partial charge in [-0.15, -0.1) is 0 Å². The van der Waals surface area contributed by atoms with E-state index in [1.54, 1.807) is 14.2 Å². The fourth-order valence-electron chi connectivity index (χ4n) is 4.85. The first-order valence-electron chi connectivity index (χ1n) is 12.1. The minimum Gasteiger partial charge on any atom is -0.493 e. The average molecular weight is 475 g/mol. The fourth-order valence-corrected chi connectivity index (χ4v) is 4.85. The van der Waals surface area contributed by atoms with Gasteiger partial charge >= 0.3 is 0 Å². The van der Waals surface area contributed by atoms with Crippen molar-refractivity contribution >= 4 is 21.7 Å². The molecular formula is C28H30N2O5. The second-order valence-electron chi connectivity index (χ2n) is 8.83. The zero-order chi connectivity index (χ0) is 24.5. The lowest BCUT2D eigenvalue weighted by atomic mass is 9.95. The lowest BCUT2D eigenvalue weighted by molar-refractivity contribution is 0.174. The summed E-state index contributed by atoms with van der Waals surface area (Å²) < 4.78 is 22.2. The van der Waals surface area contributed by atoms with Crippen molar-refractivity contribution in [3.05, 3.63) is 63.2 Å². The summed E-state index contributed by atoms with van der Waals surface area (Å²) in [6.07, 6.45) is 3.92. The fraction of sp³-hybridized carbons (Fsp3) is 0.357. The van der Waals surface area contributed by atoms with Gasteiger partial charge in [0.05, 0.1) is 19.7 Å². The molecule has 0 spiro atoms. The van der Waals surface area contributed by atoms with Crippen LogP contribution < -0.4 is 24.5 Å². The highest BCUT2D eigenvalue weighted by Gasteiger charge is 2.20. The molecule has 1 aliphatic rings. The van der Waals surface area contributed by atoms with Crippen LogP contribution in [0.5, 0.6) is 23.0 Å². The zero-order valence-corrected chi connectivity index (χ0v) is 20.6. The maximum absolute atomic E-state index is 13.4. The van der Waals surface area contributed by atoms with Crippen molar-refractivity contribution in [2.75, 3.05) is 21.0 Å². The van der Waals surface area contributed by atoms with Crippen LogP contribution in [0.15, 0.2) is 35.1 Å². The number of hydrogen-bond donors (Lipinski definition) is 1. The molecule has 0 saturated heterocycles. The largest absolute Gasteiger partial charge is 0.493 e. The molecule has 3 heterocycles. The number of nitrogens with one attached hydrogen (secondary N) is 1. The molecule has 2 aromatic carbocycles. The predicted molar refractivity (Wildman–Crippen MR) is 136 cm³/mol. The first-order valence-corrected chi connectivity index (χ1v) is 12.1. The van der Waals surface area contributed by atoms with Gasteiger partial charge in [0.25, 0.3) is 5.56 Å². The van der Waals surface area contributed by atoms with E-state index in [-0.39, 0.29) is 12.4 Å². The van der Waals surface area contributed by atoms with Gasteiger partial charge in [-0.25, -0.2) is 0 Å². The standard InChI is InChI=1S/C28H30N2O5/c1-5-7-21-16(9-17-11-26-27(35-15-34-26)14-23(17)29-21)10-20-18-12-24(32-3)25(33-4)13-19(18)22(8-6-2)30-28(20)31/h9,11-14H,5-8,10,15H2,1-4H3,(H,30,31). The second-order valence-corrected chi connectivity index (χ2v) is 8.83. The van der Waals surface area contributed by atoms with Crippen molar-refractivity contribution < 1.29 is 18.9 Å². The highest BCUT2D eigenvalue weighted by molar-refractivity contribution is 5.91. The highest BCUT2D eigenvalue weighted by Crippen LogP contribution is 2.37. The minimum atomic E-state index is -0.0820. The number of aryl methyl sites for hydroxylation is 2. The molecule has 182 valence electrons. The van der Waals surface area contributed by atoms with Crippen molar-refractivity contribution in [1.29, 1.82) is 0 Å². The third-order valence-corrected chi connectivity index (χ3v) is 6.54. The van der Waals surface area contributed by atoms with Crippen LogP contribution >= 0.6 is 0 Å². The zero-order valence-electron chi connectivity index (χ0n) is 20.6. The summed E-state index contributed by atoms with van der Waals surface area (Å²) in [5, 5.41) is 2.82. The quantitative estimate of drug-likeness (QED) is 0.372. The Morgan fingerprint density at radius 1 is 0.914 bits per heavy atom. The van der Waals surface area contributed by atoms with Crippen LogP contribution in [0.4, 0.5) is 0 Å². The second kappa shape index (κ2) is 9.49. The van der Waals surface area contributed by atoms with Crippen LogP contribution in [0.2, 0.25) is 0 Å². The predicted octanol–water partition coefficient (Wildman–Crippen LogP) is 5.32. The molecule has 35 heavy (non-hydrogen) atoms. The average Bonchev–Trinajstić information content (AvgIpc) is 3.32. The minimum absolute atomic E-state index is 0.0820. The van der Waals surface area contributed by atoms with Crippen LogP contribution in [0, 0.1) is 0 Å². The summed E-state index contributed by atoms with van der Waals surface area (Å²) in [5.41, 5.74) is 4.41. The summed E-state index contributed by atoms with van der Waals surface area (Å²) in [5.74, 6) is 2.69. The third kappa shape index (κ3) is 4.16. The van der Waals surface area contributed by atoms with Crippen molar-refractivity contribution in [3.63, 3.8) is 0 Å². The number of ether oxygens (including phenoxy) is 4. The van der Waals surface area contributed by atoms with Crippen LogP contribution in [0.3, 0.4) is 0 Å². The first kappa shape index (κ1) is 23.0. The molecule has 0 radical (unpaired) electrons. The summed E-state index contributed by atoms with van der Waals surface area (Å²) >= 11 is 0. The Kier molecular flexibility index (Phi) is 6.24. The number of pyridine rings is 2. The molecule has 0 amide bonds. The van der Waals surface area contributed by atoms with Crippen molar-refractivity contribution in [2.45, 2.75) is 46.0 Å². The van der Waals surface area contributed by atoms with E-state index < -0.39 is 0 Å². The molecule has 0 fully saturated rings. The van der Waals surface area contributed by atoms with Crippen LogP contribution in [0.25, 0.3) is 21.7 Å². The first-order chi connectivity index (χ1) is 17.1. The number of aromatic nitrogens is 2. The molecule has 1 aliphatic heterocycles. The Balaban J connectivity index is 1.70. The molecule has 7 heteroatoms. The molecule has 1 N–H and O–H groups in total. The number of H-pyrrole nitrogens is 1. The Morgan fingerprint density at radius 3 is 2.29 bits per heavy atom. The van der Waals surface area contributed by atoms with Crippen LogP contribution in [-0.4, -0.2) is 31.0 Å². The van der Waals surface area contributed by atoms with Gasteiger partial charge in [0.15, 0.2) is 23.0 Å². The maximum Gasteiger partial charge on any atom is 0.252 e. The lowest BCUT2D eigenvalue weighted by Gasteiger charge is -2.16. The number of nitrogens with zero attached hydrogens (tertiary/aromatic N) is 1. The molecule has 7 nitrogen and oxygen atoms in total. The Labute approximate surface area is 204 Å². The van der Waals surface area contributed by atoms with E-state index in [0.29, 0.717) is 23.5 Å². The topological polar surface area (TPSA) is 82.7 Å². The van der Waals surface area contributed by atoms with Gasteiger partial charge in [0.2, 0.25) is 6.79 Å². The van der Waals surface area contributed by atoms with E-state index in [0.717, 1.165) is 75.8 Å².